The van der Waals surface area contributed by atoms with Crippen LogP contribution >= 0.6 is 15.9 Å². The quantitative estimate of drug-likeness (QED) is 0.909. The summed E-state index contributed by atoms with van der Waals surface area (Å²) in [5, 5.41) is 4.85. The number of aromatic nitrogens is 1. The van der Waals surface area contributed by atoms with Crippen molar-refractivity contribution in [2.75, 3.05) is 13.2 Å². The van der Waals surface area contributed by atoms with Crippen molar-refractivity contribution in [3.05, 3.63) is 40.5 Å². The van der Waals surface area contributed by atoms with Gasteiger partial charge in [-0.2, -0.15) is 0 Å². The molecule has 0 bridgehead atoms. The lowest BCUT2D eigenvalue weighted by molar-refractivity contribution is 0.0558. The number of ether oxygens (including phenoxy) is 1. The number of hydrogen-bond donors (Lipinski definition) is 1. The molecule has 3 nitrogen and oxygen atoms in total. The van der Waals surface area contributed by atoms with Crippen molar-refractivity contribution < 1.29 is 4.74 Å². The summed E-state index contributed by atoms with van der Waals surface area (Å²) < 4.78 is 6.54. The highest BCUT2D eigenvalue weighted by Gasteiger charge is 2.20. The second-order valence-electron chi connectivity index (χ2n) is 5.73. The third-order valence-corrected chi connectivity index (χ3v) is 5.08. The lowest BCUT2D eigenvalue weighted by atomic mass is 9.93. The van der Waals surface area contributed by atoms with Crippen molar-refractivity contribution in [2.24, 2.45) is 5.92 Å². The highest BCUT2D eigenvalue weighted by atomic mass is 79.9. The molecule has 1 fully saturated rings. The SMILES string of the molecule is CC(NCc1ccc(Br)c2cccnc12)C1CCOCC1. The first kappa shape index (κ1) is 14.9. The maximum atomic E-state index is 5.44. The van der Waals surface area contributed by atoms with E-state index in [2.05, 4.69) is 51.4 Å². The average molecular weight is 349 g/mol. The maximum absolute atomic E-state index is 5.44. The van der Waals surface area contributed by atoms with Crippen molar-refractivity contribution in [3.63, 3.8) is 0 Å². The topological polar surface area (TPSA) is 34.2 Å². The number of nitrogens with one attached hydrogen (secondary N) is 1. The first-order valence-electron chi connectivity index (χ1n) is 7.59. The molecule has 0 amide bonds. The van der Waals surface area contributed by atoms with E-state index in [9.17, 15) is 0 Å². The zero-order chi connectivity index (χ0) is 14.7. The second kappa shape index (κ2) is 6.86. The highest BCUT2D eigenvalue weighted by molar-refractivity contribution is 9.10. The van der Waals surface area contributed by atoms with Gasteiger partial charge in [-0.1, -0.05) is 28.1 Å². The molecule has 1 N–H and O–H groups in total. The number of pyridine rings is 1. The number of benzene rings is 1. The van der Waals surface area contributed by atoms with Gasteiger partial charge in [-0.25, -0.2) is 0 Å². The standard InChI is InChI=1S/C17H21BrN2O/c1-12(13-6-9-21-10-7-13)20-11-14-4-5-16(18)15-3-2-8-19-17(14)15/h2-5,8,12-13,20H,6-7,9-11H2,1H3. The summed E-state index contributed by atoms with van der Waals surface area (Å²) in [7, 11) is 0. The first-order chi connectivity index (χ1) is 10.3. The van der Waals surface area contributed by atoms with Crippen molar-refractivity contribution in [1.29, 1.82) is 0 Å². The molecular formula is C17H21BrN2O. The van der Waals surface area contributed by atoms with Crippen molar-refractivity contribution in [1.82, 2.24) is 10.3 Å². The van der Waals surface area contributed by atoms with Gasteiger partial charge in [0, 0.05) is 41.9 Å². The van der Waals surface area contributed by atoms with Gasteiger partial charge in [0.25, 0.3) is 0 Å². The van der Waals surface area contributed by atoms with Crippen LogP contribution in [0.4, 0.5) is 0 Å². The summed E-state index contributed by atoms with van der Waals surface area (Å²) in [6, 6.07) is 8.87. The smallest absolute Gasteiger partial charge is 0.0758 e. The molecule has 4 heteroatoms. The third-order valence-electron chi connectivity index (χ3n) is 4.39. The molecule has 0 radical (unpaired) electrons. The van der Waals surface area contributed by atoms with Gasteiger partial charge in [-0.05, 0) is 43.4 Å². The van der Waals surface area contributed by atoms with E-state index in [-0.39, 0.29) is 0 Å². The molecule has 1 aliphatic heterocycles. The Morgan fingerprint density at radius 3 is 2.95 bits per heavy atom. The Kier molecular flexibility index (Phi) is 4.88. The number of fused-ring (bicyclic) bond motifs is 1. The van der Waals surface area contributed by atoms with E-state index in [0.717, 1.165) is 42.6 Å². The number of halogens is 1. The summed E-state index contributed by atoms with van der Waals surface area (Å²) in [4.78, 5) is 4.54. The van der Waals surface area contributed by atoms with E-state index in [1.807, 2.05) is 12.3 Å². The van der Waals surface area contributed by atoms with Crippen LogP contribution < -0.4 is 5.32 Å². The molecule has 1 aliphatic rings. The van der Waals surface area contributed by atoms with E-state index in [0.29, 0.717) is 12.0 Å². The monoisotopic (exact) mass is 348 g/mol. The number of rotatable bonds is 4. The van der Waals surface area contributed by atoms with Gasteiger partial charge in [0.15, 0.2) is 0 Å². The summed E-state index contributed by atoms with van der Waals surface area (Å²) >= 11 is 3.60. The number of hydrogen-bond acceptors (Lipinski definition) is 3. The third kappa shape index (κ3) is 3.44. The molecule has 1 aromatic carbocycles. The molecule has 21 heavy (non-hydrogen) atoms. The zero-order valence-corrected chi connectivity index (χ0v) is 13.9. The summed E-state index contributed by atoms with van der Waals surface area (Å²) in [6.45, 7) is 4.95. The van der Waals surface area contributed by atoms with E-state index in [1.165, 1.54) is 10.9 Å². The van der Waals surface area contributed by atoms with Crippen molar-refractivity contribution >= 4 is 26.8 Å². The average Bonchev–Trinajstić information content (AvgIpc) is 2.55. The van der Waals surface area contributed by atoms with Crippen LogP contribution in [0.15, 0.2) is 34.9 Å². The fraction of sp³-hybridized carbons (Fsp3) is 0.471. The molecule has 1 atom stereocenters. The van der Waals surface area contributed by atoms with Gasteiger partial charge >= 0.3 is 0 Å². The predicted octanol–water partition coefficient (Wildman–Crippen LogP) is 3.90. The molecule has 1 saturated heterocycles. The molecule has 3 rings (SSSR count). The molecule has 0 spiro atoms. The summed E-state index contributed by atoms with van der Waals surface area (Å²) in [5.74, 6) is 0.716. The largest absolute Gasteiger partial charge is 0.381 e. The van der Waals surface area contributed by atoms with Crippen LogP contribution in [0, 0.1) is 5.92 Å². The Morgan fingerprint density at radius 1 is 1.33 bits per heavy atom. The summed E-state index contributed by atoms with van der Waals surface area (Å²) in [5.41, 5.74) is 2.34. The molecule has 2 aromatic rings. The summed E-state index contributed by atoms with van der Waals surface area (Å²) in [6.07, 6.45) is 4.18. The normalized spacial score (nSPS) is 18.0. The predicted molar refractivity (Wildman–Crippen MR) is 89.3 cm³/mol. The fourth-order valence-corrected chi connectivity index (χ4v) is 3.44. The highest BCUT2D eigenvalue weighted by Crippen LogP contribution is 2.25. The first-order valence-corrected chi connectivity index (χ1v) is 8.38. The molecular weight excluding hydrogens is 328 g/mol. The molecule has 0 saturated carbocycles. The Morgan fingerprint density at radius 2 is 2.14 bits per heavy atom. The van der Waals surface area contributed by atoms with Crippen LogP contribution in [-0.4, -0.2) is 24.2 Å². The van der Waals surface area contributed by atoms with Crippen LogP contribution in [0.3, 0.4) is 0 Å². The van der Waals surface area contributed by atoms with Gasteiger partial charge in [0.1, 0.15) is 0 Å². The lowest BCUT2D eigenvalue weighted by Gasteiger charge is -2.28. The molecule has 2 heterocycles. The Hall–Kier alpha value is -0.970. The minimum atomic E-state index is 0.510. The van der Waals surface area contributed by atoms with Crippen LogP contribution in [0.25, 0.3) is 10.9 Å². The molecule has 1 aromatic heterocycles. The van der Waals surface area contributed by atoms with E-state index >= 15 is 0 Å². The van der Waals surface area contributed by atoms with E-state index in [1.54, 1.807) is 0 Å². The van der Waals surface area contributed by atoms with Crippen molar-refractivity contribution in [3.8, 4) is 0 Å². The minimum absolute atomic E-state index is 0.510. The molecule has 1 unspecified atom stereocenters. The molecule has 0 aliphatic carbocycles. The van der Waals surface area contributed by atoms with E-state index in [4.69, 9.17) is 4.74 Å². The lowest BCUT2D eigenvalue weighted by Crippen LogP contribution is -2.36. The van der Waals surface area contributed by atoms with Crippen LogP contribution in [0.2, 0.25) is 0 Å². The Labute approximate surface area is 134 Å². The van der Waals surface area contributed by atoms with Crippen LogP contribution in [0.1, 0.15) is 25.3 Å². The van der Waals surface area contributed by atoms with Crippen LogP contribution in [0.5, 0.6) is 0 Å². The van der Waals surface area contributed by atoms with Gasteiger partial charge in [0.2, 0.25) is 0 Å². The molecule has 112 valence electrons. The number of nitrogens with zero attached hydrogens (tertiary/aromatic N) is 1. The van der Waals surface area contributed by atoms with Crippen molar-refractivity contribution in [2.45, 2.75) is 32.4 Å². The second-order valence-corrected chi connectivity index (χ2v) is 6.58. The van der Waals surface area contributed by atoms with Gasteiger partial charge in [-0.3, -0.25) is 4.98 Å². The zero-order valence-electron chi connectivity index (χ0n) is 12.3. The Bertz CT molecular complexity index is 611. The van der Waals surface area contributed by atoms with Crippen LogP contribution in [-0.2, 0) is 11.3 Å². The van der Waals surface area contributed by atoms with Gasteiger partial charge in [0.05, 0.1) is 5.52 Å². The van der Waals surface area contributed by atoms with Gasteiger partial charge in [-0.15, -0.1) is 0 Å². The Balaban J connectivity index is 1.72. The minimum Gasteiger partial charge on any atom is -0.381 e. The van der Waals surface area contributed by atoms with E-state index < -0.39 is 0 Å². The maximum Gasteiger partial charge on any atom is 0.0758 e. The fourth-order valence-electron chi connectivity index (χ4n) is 2.99. The van der Waals surface area contributed by atoms with Gasteiger partial charge < -0.3 is 10.1 Å².